The van der Waals surface area contributed by atoms with Gasteiger partial charge in [0.2, 0.25) is 20.0 Å². The van der Waals surface area contributed by atoms with Gasteiger partial charge in [-0.15, -0.1) is 0 Å². The zero-order chi connectivity index (χ0) is 24.2. The van der Waals surface area contributed by atoms with Gasteiger partial charge in [-0.25, -0.2) is 25.5 Å². The highest BCUT2D eigenvalue weighted by Crippen LogP contribution is 2.21. The molecule has 2 aromatic carbocycles. The van der Waals surface area contributed by atoms with Crippen molar-refractivity contribution in [3.8, 4) is 0 Å². The lowest BCUT2D eigenvalue weighted by Gasteiger charge is -2.35. The number of halogens is 1. The Hall–Kier alpha value is -2.54. The Balaban J connectivity index is 1.51. The van der Waals surface area contributed by atoms with E-state index in [1.165, 1.54) is 48.7 Å². The summed E-state index contributed by atoms with van der Waals surface area (Å²) in [6.45, 7) is 1.11. The summed E-state index contributed by atoms with van der Waals surface area (Å²) in [5.41, 5.74) is 0.676. The first-order chi connectivity index (χ1) is 15.5. The Labute approximate surface area is 193 Å². The van der Waals surface area contributed by atoms with E-state index in [0.717, 1.165) is 4.31 Å². The van der Waals surface area contributed by atoms with Crippen molar-refractivity contribution < 1.29 is 26.0 Å². The molecule has 1 saturated heterocycles. The molecule has 0 bridgehead atoms. The quantitative estimate of drug-likeness (QED) is 0.581. The lowest BCUT2D eigenvalue weighted by molar-refractivity contribution is 0.0956. The standard InChI is InChI=1S/C21H27FN4O5S2/c1-24(2)33(30,31)18-9-7-17(8-10-18)21(27)23-11-16-32(28,29)26-14-12-25(13-15-26)20-6-4-3-5-19(20)22/h3-10H,11-16H2,1-2H3,(H,23,27). The summed E-state index contributed by atoms with van der Waals surface area (Å²) in [5.74, 6) is -1.11. The molecular weight excluding hydrogens is 471 g/mol. The Kier molecular flexibility index (Phi) is 7.73. The number of nitrogens with zero attached hydrogens (tertiary/aromatic N) is 3. The van der Waals surface area contributed by atoms with Crippen LogP contribution in [0.5, 0.6) is 0 Å². The van der Waals surface area contributed by atoms with E-state index >= 15 is 0 Å². The minimum absolute atomic E-state index is 0.0566. The average molecular weight is 499 g/mol. The van der Waals surface area contributed by atoms with Crippen molar-refractivity contribution in [1.29, 1.82) is 0 Å². The van der Waals surface area contributed by atoms with Crippen LogP contribution in [0.15, 0.2) is 53.4 Å². The molecule has 0 spiro atoms. The highest BCUT2D eigenvalue weighted by atomic mass is 32.2. The van der Waals surface area contributed by atoms with E-state index in [9.17, 15) is 26.0 Å². The van der Waals surface area contributed by atoms with Crippen molar-refractivity contribution >= 4 is 31.6 Å². The van der Waals surface area contributed by atoms with E-state index < -0.39 is 26.0 Å². The fourth-order valence-corrected chi connectivity index (χ4v) is 5.67. The van der Waals surface area contributed by atoms with Gasteiger partial charge in [0.05, 0.1) is 16.3 Å². The summed E-state index contributed by atoms with van der Waals surface area (Å²) in [6, 6.07) is 11.8. The van der Waals surface area contributed by atoms with Crippen LogP contribution in [0.2, 0.25) is 0 Å². The van der Waals surface area contributed by atoms with Gasteiger partial charge in [0.25, 0.3) is 5.91 Å². The zero-order valence-electron chi connectivity index (χ0n) is 18.4. The molecule has 0 aromatic heterocycles. The minimum Gasteiger partial charge on any atom is -0.367 e. The van der Waals surface area contributed by atoms with Gasteiger partial charge in [-0.2, -0.15) is 4.31 Å². The molecule has 1 fully saturated rings. The molecule has 180 valence electrons. The monoisotopic (exact) mass is 498 g/mol. The molecule has 0 atom stereocenters. The van der Waals surface area contributed by atoms with Crippen molar-refractivity contribution in [3.63, 3.8) is 0 Å². The fourth-order valence-electron chi connectivity index (χ4n) is 3.43. The number of piperazine rings is 1. The smallest absolute Gasteiger partial charge is 0.251 e. The van der Waals surface area contributed by atoms with Gasteiger partial charge in [-0.1, -0.05) is 12.1 Å². The van der Waals surface area contributed by atoms with Crippen LogP contribution in [0.25, 0.3) is 0 Å². The lowest BCUT2D eigenvalue weighted by Crippen LogP contribution is -2.50. The van der Waals surface area contributed by atoms with Crippen LogP contribution in [0, 0.1) is 5.82 Å². The fraction of sp³-hybridized carbons (Fsp3) is 0.381. The first-order valence-electron chi connectivity index (χ1n) is 10.3. The molecule has 0 radical (unpaired) electrons. The number of anilines is 1. The largest absolute Gasteiger partial charge is 0.367 e. The van der Waals surface area contributed by atoms with Gasteiger partial charge in [0, 0.05) is 52.4 Å². The maximum atomic E-state index is 14.0. The first-order valence-corrected chi connectivity index (χ1v) is 13.4. The van der Waals surface area contributed by atoms with Gasteiger partial charge < -0.3 is 10.2 Å². The Morgan fingerprint density at radius 2 is 1.58 bits per heavy atom. The number of carbonyl (C=O) groups is 1. The van der Waals surface area contributed by atoms with Crippen LogP contribution in [0.4, 0.5) is 10.1 Å². The van der Waals surface area contributed by atoms with Crippen molar-refractivity contribution in [2.45, 2.75) is 4.90 Å². The Morgan fingerprint density at radius 1 is 0.970 bits per heavy atom. The van der Waals surface area contributed by atoms with E-state index in [1.807, 2.05) is 4.90 Å². The third-order valence-electron chi connectivity index (χ3n) is 5.37. The number of nitrogens with one attached hydrogen (secondary N) is 1. The molecule has 33 heavy (non-hydrogen) atoms. The molecule has 1 heterocycles. The SMILES string of the molecule is CN(C)S(=O)(=O)c1ccc(C(=O)NCCS(=O)(=O)N2CCN(c3ccccc3F)CC2)cc1. The minimum atomic E-state index is -3.60. The van der Waals surface area contributed by atoms with Crippen molar-refractivity contribution in [3.05, 3.63) is 59.9 Å². The second-order valence-electron chi connectivity index (χ2n) is 7.72. The zero-order valence-corrected chi connectivity index (χ0v) is 20.1. The maximum absolute atomic E-state index is 14.0. The number of benzene rings is 2. The summed E-state index contributed by atoms with van der Waals surface area (Å²) in [7, 11) is -4.37. The van der Waals surface area contributed by atoms with Crippen molar-refractivity contribution in [2.24, 2.45) is 0 Å². The van der Waals surface area contributed by atoms with E-state index in [4.69, 9.17) is 0 Å². The van der Waals surface area contributed by atoms with Gasteiger partial charge >= 0.3 is 0 Å². The molecule has 12 heteroatoms. The van der Waals surface area contributed by atoms with Gasteiger partial charge in [0.1, 0.15) is 5.82 Å². The van der Waals surface area contributed by atoms with Crippen LogP contribution in [0.1, 0.15) is 10.4 Å². The number of sulfonamides is 2. The third kappa shape index (κ3) is 5.88. The molecule has 0 saturated carbocycles. The molecule has 1 aliphatic heterocycles. The Morgan fingerprint density at radius 3 is 2.15 bits per heavy atom. The van der Waals surface area contributed by atoms with Gasteiger partial charge in [0.15, 0.2) is 0 Å². The van der Waals surface area contributed by atoms with E-state index in [-0.39, 0.29) is 41.7 Å². The molecular formula is C21H27FN4O5S2. The molecule has 0 aliphatic carbocycles. The maximum Gasteiger partial charge on any atom is 0.251 e. The van der Waals surface area contributed by atoms with Crippen LogP contribution in [0.3, 0.4) is 0 Å². The number of rotatable bonds is 8. The number of amides is 1. The number of hydrogen-bond donors (Lipinski definition) is 1. The molecule has 1 N–H and O–H groups in total. The topological polar surface area (TPSA) is 107 Å². The molecule has 1 aliphatic rings. The second kappa shape index (κ2) is 10.2. The van der Waals surface area contributed by atoms with E-state index in [2.05, 4.69) is 5.32 Å². The molecule has 3 rings (SSSR count). The van der Waals surface area contributed by atoms with Crippen LogP contribution < -0.4 is 10.2 Å². The van der Waals surface area contributed by atoms with E-state index in [1.54, 1.807) is 18.2 Å². The van der Waals surface area contributed by atoms with Crippen LogP contribution in [-0.4, -0.2) is 83.9 Å². The number of para-hydroxylation sites is 1. The normalized spacial score (nSPS) is 15.6. The summed E-state index contributed by atoms with van der Waals surface area (Å²) in [5, 5.41) is 2.55. The van der Waals surface area contributed by atoms with Crippen molar-refractivity contribution in [2.75, 3.05) is 57.5 Å². The second-order valence-corrected chi connectivity index (χ2v) is 12.0. The number of hydrogen-bond acceptors (Lipinski definition) is 6. The van der Waals surface area contributed by atoms with Crippen LogP contribution >= 0.6 is 0 Å². The third-order valence-corrected chi connectivity index (χ3v) is 9.07. The van der Waals surface area contributed by atoms with Crippen molar-refractivity contribution in [1.82, 2.24) is 13.9 Å². The lowest BCUT2D eigenvalue weighted by atomic mass is 10.2. The average Bonchev–Trinajstić information content (AvgIpc) is 2.79. The highest BCUT2D eigenvalue weighted by molar-refractivity contribution is 7.89. The molecule has 0 unspecified atom stereocenters. The summed E-state index contributed by atoms with van der Waals surface area (Å²) >= 11 is 0. The van der Waals surface area contributed by atoms with Gasteiger partial charge in [-0.05, 0) is 36.4 Å². The first kappa shape index (κ1) is 25.1. The summed E-state index contributed by atoms with van der Waals surface area (Å²) in [6.07, 6.45) is 0. The molecule has 9 nitrogen and oxygen atoms in total. The predicted octanol–water partition coefficient (Wildman–Crippen LogP) is 0.958. The summed E-state index contributed by atoms with van der Waals surface area (Å²) < 4.78 is 65.9. The molecule has 2 aromatic rings. The highest BCUT2D eigenvalue weighted by Gasteiger charge is 2.27. The molecule has 1 amide bonds. The van der Waals surface area contributed by atoms with Gasteiger partial charge in [-0.3, -0.25) is 4.79 Å². The number of carbonyl (C=O) groups excluding carboxylic acids is 1. The summed E-state index contributed by atoms with van der Waals surface area (Å²) in [4.78, 5) is 14.2. The predicted molar refractivity (Wildman–Crippen MR) is 124 cm³/mol. The Bertz CT molecular complexity index is 1190. The van der Waals surface area contributed by atoms with Crippen LogP contribution in [-0.2, 0) is 20.0 Å². The van der Waals surface area contributed by atoms with E-state index in [0.29, 0.717) is 18.8 Å².